The van der Waals surface area contributed by atoms with Gasteiger partial charge in [-0.25, -0.2) is 0 Å². The average Bonchev–Trinajstić information content (AvgIpc) is 3.15. The van der Waals surface area contributed by atoms with Gasteiger partial charge < -0.3 is 14.2 Å². The van der Waals surface area contributed by atoms with Crippen molar-refractivity contribution in [2.75, 3.05) is 27.4 Å². The number of unbranched alkanes of at least 4 members (excludes halogenated alkanes) is 4. The monoisotopic (exact) mass is 332 g/mol. The lowest BCUT2D eigenvalue weighted by Crippen LogP contribution is -1.98. The number of methoxy groups -OCH3 is 2. The minimum absolute atomic E-state index is 0.0940. The van der Waals surface area contributed by atoms with Crippen LogP contribution in [0, 0.1) is 0 Å². The Labute approximate surface area is 142 Å². The molecule has 5 heteroatoms. The topological polar surface area (TPSA) is 61.8 Å². The second-order valence-corrected chi connectivity index (χ2v) is 5.39. The van der Waals surface area contributed by atoms with Gasteiger partial charge in [0.25, 0.3) is 0 Å². The Hall–Kier alpha value is -1.10. The van der Waals surface area contributed by atoms with Gasteiger partial charge in [0.05, 0.1) is 14.2 Å². The Morgan fingerprint density at radius 1 is 0.783 bits per heavy atom. The summed E-state index contributed by atoms with van der Waals surface area (Å²) in [7, 11) is 2.85. The number of ether oxygens (including phenoxy) is 3. The average molecular weight is 332 g/mol. The summed E-state index contributed by atoms with van der Waals surface area (Å²) in [4.78, 5) is 20.9. The normalized spacial score (nSPS) is 12.3. The van der Waals surface area contributed by atoms with E-state index in [1.165, 1.54) is 27.1 Å². The lowest BCUT2D eigenvalue weighted by Gasteiger charge is -1.95. The molecule has 23 heavy (non-hydrogen) atoms. The summed E-state index contributed by atoms with van der Waals surface area (Å²) in [5.74, 6) is -0.188. The number of hydrogen-bond donors (Lipinski definition) is 0. The van der Waals surface area contributed by atoms with E-state index in [1.54, 1.807) is 0 Å². The molecule has 1 rings (SSSR count). The van der Waals surface area contributed by atoms with Crippen LogP contribution in [-0.4, -0.2) is 39.4 Å². The fourth-order valence-corrected chi connectivity index (χ4v) is 1.75. The van der Waals surface area contributed by atoms with Crippen molar-refractivity contribution in [3.8, 4) is 0 Å². The van der Waals surface area contributed by atoms with Gasteiger partial charge in [-0.1, -0.05) is 39.5 Å². The molecule has 1 saturated heterocycles. The minimum atomic E-state index is -0.0940. The van der Waals surface area contributed by atoms with Crippen molar-refractivity contribution in [2.24, 2.45) is 0 Å². The molecule has 1 aliphatic rings. The predicted octanol–water partition coefficient (Wildman–Crippen LogP) is 4.28. The Bertz CT molecular complexity index is 233. The van der Waals surface area contributed by atoms with Crippen LogP contribution >= 0.6 is 0 Å². The maximum atomic E-state index is 10.5. The number of hydrogen-bond acceptors (Lipinski definition) is 5. The van der Waals surface area contributed by atoms with E-state index in [9.17, 15) is 9.59 Å². The molecule has 0 amide bonds. The van der Waals surface area contributed by atoms with Crippen molar-refractivity contribution in [2.45, 2.75) is 78.1 Å². The third kappa shape index (κ3) is 23.3. The summed E-state index contributed by atoms with van der Waals surface area (Å²) >= 11 is 0. The molecule has 1 fully saturated rings. The molecule has 0 N–H and O–H groups in total. The van der Waals surface area contributed by atoms with E-state index in [1.807, 2.05) is 0 Å². The maximum absolute atomic E-state index is 10.5. The van der Waals surface area contributed by atoms with Gasteiger partial charge in [-0.2, -0.15) is 0 Å². The molecule has 0 aromatic carbocycles. The quantitative estimate of drug-likeness (QED) is 0.490. The molecule has 0 aromatic heterocycles. The summed E-state index contributed by atoms with van der Waals surface area (Å²) in [6.45, 7) is 6.22. The third-order valence-electron chi connectivity index (χ3n) is 3.25. The van der Waals surface area contributed by atoms with E-state index in [4.69, 9.17) is 4.74 Å². The van der Waals surface area contributed by atoms with Crippen molar-refractivity contribution in [3.05, 3.63) is 0 Å². The highest BCUT2D eigenvalue weighted by atomic mass is 16.5. The van der Waals surface area contributed by atoms with Gasteiger partial charge in [-0.15, -0.1) is 0 Å². The smallest absolute Gasteiger partial charge is 0.305 e. The van der Waals surface area contributed by atoms with Crippen LogP contribution in [-0.2, 0) is 23.8 Å². The zero-order valence-electron chi connectivity index (χ0n) is 15.5. The Morgan fingerprint density at radius 3 is 1.39 bits per heavy atom. The summed E-state index contributed by atoms with van der Waals surface area (Å²) in [5.41, 5.74) is 0. The second-order valence-electron chi connectivity index (χ2n) is 5.39. The highest BCUT2D eigenvalue weighted by molar-refractivity contribution is 5.69. The van der Waals surface area contributed by atoms with E-state index in [0.717, 1.165) is 51.7 Å². The van der Waals surface area contributed by atoms with Crippen molar-refractivity contribution in [3.63, 3.8) is 0 Å². The van der Waals surface area contributed by atoms with Gasteiger partial charge in [0.15, 0.2) is 0 Å². The molecular formula is C18H36O5. The van der Waals surface area contributed by atoms with Crippen LogP contribution in [0.3, 0.4) is 0 Å². The molecule has 0 saturated carbocycles. The van der Waals surface area contributed by atoms with E-state index in [0.29, 0.717) is 12.8 Å². The first-order chi connectivity index (χ1) is 11.1. The summed E-state index contributed by atoms with van der Waals surface area (Å²) in [5, 5.41) is 0. The standard InChI is InChI=1S/2C7H14O2.C4H8O/c2*1-3-4-5-6-7(8)9-2;1-2-4-5-3-1/h2*3-6H2,1-2H3;1-4H2. The number of esters is 2. The third-order valence-corrected chi connectivity index (χ3v) is 3.25. The first-order valence-electron chi connectivity index (χ1n) is 8.83. The summed E-state index contributed by atoms with van der Waals surface area (Å²) in [6.07, 6.45) is 10.2. The SMILES string of the molecule is C1CCOC1.CCCCCC(=O)OC.CCCCCC(=O)OC. The maximum Gasteiger partial charge on any atom is 0.305 e. The van der Waals surface area contributed by atoms with Crippen LogP contribution in [0.2, 0.25) is 0 Å². The predicted molar refractivity (Wildman–Crippen MR) is 92.4 cm³/mol. The van der Waals surface area contributed by atoms with Crippen LogP contribution in [0.25, 0.3) is 0 Å². The van der Waals surface area contributed by atoms with E-state index in [-0.39, 0.29) is 11.9 Å². The molecule has 0 spiro atoms. The molecule has 0 radical (unpaired) electrons. The molecular weight excluding hydrogens is 296 g/mol. The van der Waals surface area contributed by atoms with Gasteiger partial charge in [-0.05, 0) is 25.7 Å². The second kappa shape index (κ2) is 20.9. The molecule has 0 unspecified atom stereocenters. The summed E-state index contributed by atoms with van der Waals surface area (Å²) in [6, 6.07) is 0. The van der Waals surface area contributed by atoms with Crippen LogP contribution in [0.5, 0.6) is 0 Å². The lowest BCUT2D eigenvalue weighted by molar-refractivity contribution is -0.141. The van der Waals surface area contributed by atoms with Crippen LogP contribution in [0.4, 0.5) is 0 Å². The highest BCUT2D eigenvalue weighted by Crippen LogP contribution is 2.00. The molecule has 0 bridgehead atoms. The molecule has 5 nitrogen and oxygen atoms in total. The largest absolute Gasteiger partial charge is 0.469 e. The number of carbonyl (C=O) groups excluding carboxylic acids is 2. The van der Waals surface area contributed by atoms with E-state index >= 15 is 0 Å². The zero-order valence-corrected chi connectivity index (χ0v) is 15.5. The Balaban J connectivity index is 0. The molecule has 1 aliphatic heterocycles. The van der Waals surface area contributed by atoms with Crippen LogP contribution < -0.4 is 0 Å². The first kappa shape index (κ1) is 24.2. The Morgan fingerprint density at radius 2 is 1.17 bits per heavy atom. The highest BCUT2D eigenvalue weighted by Gasteiger charge is 1.97. The van der Waals surface area contributed by atoms with Gasteiger partial charge >= 0.3 is 11.9 Å². The van der Waals surface area contributed by atoms with Crippen molar-refractivity contribution >= 4 is 11.9 Å². The van der Waals surface area contributed by atoms with Gasteiger partial charge in [0.1, 0.15) is 0 Å². The van der Waals surface area contributed by atoms with Crippen molar-refractivity contribution < 1.29 is 23.8 Å². The molecule has 0 aromatic rings. The Kier molecular flexibility index (Phi) is 22.0. The van der Waals surface area contributed by atoms with Gasteiger partial charge in [0.2, 0.25) is 0 Å². The fraction of sp³-hybridized carbons (Fsp3) is 0.889. The van der Waals surface area contributed by atoms with E-state index in [2.05, 4.69) is 23.3 Å². The molecule has 138 valence electrons. The zero-order chi connectivity index (χ0) is 17.8. The molecule has 1 heterocycles. The number of rotatable bonds is 8. The van der Waals surface area contributed by atoms with Crippen LogP contribution in [0.15, 0.2) is 0 Å². The first-order valence-corrected chi connectivity index (χ1v) is 8.83. The number of carbonyl (C=O) groups is 2. The van der Waals surface area contributed by atoms with Crippen molar-refractivity contribution in [1.29, 1.82) is 0 Å². The summed E-state index contributed by atoms with van der Waals surface area (Å²) < 4.78 is 13.9. The van der Waals surface area contributed by atoms with Gasteiger partial charge in [-0.3, -0.25) is 9.59 Å². The molecule has 0 aliphatic carbocycles. The molecule has 0 atom stereocenters. The fourth-order valence-electron chi connectivity index (χ4n) is 1.75. The van der Waals surface area contributed by atoms with Gasteiger partial charge in [0, 0.05) is 26.1 Å². The minimum Gasteiger partial charge on any atom is -0.469 e. The van der Waals surface area contributed by atoms with Crippen LogP contribution in [0.1, 0.15) is 78.1 Å². The van der Waals surface area contributed by atoms with Crippen molar-refractivity contribution in [1.82, 2.24) is 0 Å². The lowest BCUT2D eigenvalue weighted by atomic mass is 10.2. The van der Waals surface area contributed by atoms with E-state index < -0.39 is 0 Å².